The molecule has 0 saturated heterocycles. The second kappa shape index (κ2) is 9.72. The van der Waals surface area contributed by atoms with Crippen molar-refractivity contribution >= 4 is 46.4 Å². The Morgan fingerprint density at radius 3 is 2.68 bits per heavy atom. The predicted molar refractivity (Wildman–Crippen MR) is 147 cm³/mol. The molecule has 1 aromatic carbocycles. The first kappa shape index (κ1) is 24.4. The third-order valence-electron chi connectivity index (χ3n) is 7.26. The summed E-state index contributed by atoms with van der Waals surface area (Å²) in [6.45, 7) is 1.98. The fourth-order valence-corrected chi connectivity index (χ4v) is 5.01. The highest BCUT2D eigenvalue weighted by Crippen LogP contribution is 2.48. The molecule has 194 valence electrons. The largest absolute Gasteiger partial charge is 0.364 e. The number of pyridine rings is 1. The fourth-order valence-electron chi connectivity index (χ4n) is 4.81. The van der Waals surface area contributed by atoms with E-state index >= 15 is 0 Å². The molecule has 10 heteroatoms. The monoisotopic (exact) mass is 529 g/mol. The number of benzene rings is 1. The molecule has 2 N–H and O–H groups in total. The minimum Gasteiger partial charge on any atom is -0.364 e. The highest BCUT2D eigenvalue weighted by Gasteiger charge is 2.44. The average molecular weight is 530 g/mol. The summed E-state index contributed by atoms with van der Waals surface area (Å²) in [6.07, 6.45) is 8.63. The lowest BCUT2D eigenvalue weighted by Gasteiger charge is -2.17. The third-order valence-corrected chi connectivity index (χ3v) is 7.49. The molecule has 6 rings (SSSR count). The number of carbonyl (C=O) groups is 2. The Balaban J connectivity index is 1.13. The zero-order chi connectivity index (χ0) is 26.4. The Hall–Kier alpha value is -3.98. The van der Waals surface area contributed by atoms with Crippen molar-refractivity contribution in [3.05, 3.63) is 77.0 Å². The van der Waals surface area contributed by atoms with E-state index in [-0.39, 0.29) is 23.7 Å². The number of aromatic nitrogens is 4. The first-order valence-electron chi connectivity index (χ1n) is 12.7. The number of carbonyl (C=O) groups excluding carboxylic acids is 2. The number of anilines is 3. The van der Waals surface area contributed by atoms with Gasteiger partial charge in [0.1, 0.15) is 18.0 Å². The van der Waals surface area contributed by atoms with E-state index in [2.05, 4.69) is 32.9 Å². The molecule has 3 heterocycles. The molecule has 2 fully saturated rings. The molecule has 2 aliphatic carbocycles. The standard InChI is InChI=1S/C28H28ClN7O2/c1-16(37)35(2)24-9-19(17-6-7-17)13-36-14-21(33-27(24)36)12-30-25-11-26(32-15-31-25)34-28(38)23-10-22(23)18-4-3-5-20(29)8-18/h3-5,8-9,11,13-15,17,22-23H,6-7,10,12H2,1-2H3,(H2,30,31,32,34,38)/t22-,23+/m1/s1. The molecule has 0 unspecified atom stereocenters. The van der Waals surface area contributed by atoms with Crippen LogP contribution in [0.3, 0.4) is 0 Å². The maximum absolute atomic E-state index is 12.8. The number of amides is 2. The topological polar surface area (TPSA) is 105 Å². The SMILES string of the molecule is CC(=O)N(C)c1cc(C2CC2)cn2cc(CNc3cc(NC(=O)[C@H]4C[C@@H]4c4cccc(Cl)c4)ncn3)nc12. The third kappa shape index (κ3) is 5.06. The van der Waals surface area contributed by atoms with Crippen LogP contribution in [0.5, 0.6) is 0 Å². The highest BCUT2D eigenvalue weighted by atomic mass is 35.5. The van der Waals surface area contributed by atoms with E-state index in [0.717, 1.165) is 29.0 Å². The van der Waals surface area contributed by atoms with E-state index in [1.807, 2.05) is 34.9 Å². The number of fused-ring (bicyclic) bond motifs is 1. The lowest BCUT2D eigenvalue weighted by Crippen LogP contribution is -2.23. The number of hydrogen-bond donors (Lipinski definition) is 2. The van der Waals surface area contributed by atoms with Gasteiger partial charge >= 0.3 is 0 Å². The summed E-state index contributed by atoms with van der Waals surface area (Å²) in [7, 11) is 1.77. The molecule has 38 heavy (non-hydrogen) atoms. The van der Waals surface area contributed by atoms with Crippen LogP contribution in [0.15, 0.2) is 55.1 Å². The van der Waals surface area contributed by atoms with Crippen LogP contribution in [-0.4, -0.2) is 38.2 Å². The van der Waals surface area contributed by atoms with Crippen molar-refractivity contribution in [3.63, 3.8) is 0 Å². The number of nitrogens with zero attached hydrogens (tertiary/aromatic N) is 5. The lowest BCUT2D eigenvalue weighted by molar-refractivity contribution is -0.117. The smallest absolute Gasteiger partial charge is 0.229 e. The summed E-state index contributed by atoms with van der Waals surface area (Å²) in [5.41, 5.74) is 4.65. The van der Waals surface area contributed by atoms with Gasteiger partial charge in [-0.3, -0.25) is 9.59 Å². The molecule has 2 saturated carbocycles. The van der Waals surface area contributed by atoms with E-state index < -0.39 is 0 Å². The van der Waals surface area contributed by atoms with E-state index in [9.17, 15) is 9.59 Å². The molecule has 0 radical (unpaired) electrons. The first-order chi connectivity index (χ1) is 18.4. The summed E-state index contributed by atoms with van der Waals surface area (Å²) >= 11 is 6.10. The number of nitrogens with one attached hydrogen (secondary N) is 2. The lowest BCUT2D eigenvalue weighted by atomic mass is 10.1. The first-order valence-corrected chi connectivity index (χ1v) is 13.1. The summed E-state index contributed by atoms with van der Waals surface area (Å²) in [5, 5.41) is 6.86. The molecule has 2 amide bonds. The van der Waals surface area contributed by atoms with Crippen LogP contribution in [0.1, 0.15) is 54.8 Å². The predicted octanol–water partition coefficient (Wildman–Crippen LogP) is 4.99. The van der Waals surface area contributed by atoms with E-state index in [0.29, 0.717) is 29.1 Å². The van der Waals surface area contributed by atoms with Crippen molar-refractivity contribution in [1.29, 1.82) is 0 Å². The van der Waals surface area contributed by atoms with Gasteiger partial charge in [0.15, 0.2) is 5.65 Å². The van der Waals surface area contributed by atoms with Crippen LogP contribution in [0.25, 0.3) is 5.65 Å². The van der Waals surface area contributed by atoms with Gasteiger partial charge in [-0.1, -0.05) is 23.7 Å². The van der Waals surface area contributed by atoms with Crippen LogP contribution >= 0.6 is 11.6 Å². The molecule has 9 nitrogen and oxygen atoms in total. The second-order valence-electron chi connectivity index (χ2n) is 10.1. The maximum Gasteiger partial charge on any atom is 0.229 e. The zero-order valence-corrected chi connectivity index (χ0v) is 21.9. The van der Waals surface area contributed by atoms with Gasteiger partial charge in [0, 0.05) is 43.4 Å². The highest BCUT2D eigenvalue weighted by molar-refractivity contribution is 6.30. The van der Waals surface area contributed by atoms with Gasteiger partial charge in [0.05, 0.1) is 17.9 Å². The van der Waals surface area contributed by atoms with Crippen LogP contribution in [0.4, 0.5) is 17.3 Å². The van der Waals surface area contributed by atoms with Crippen molar-refractivity contribution < 1.29 is 9.59 Å². The Morgan fingerprint density at radius 2 is 1.92 bits per heavy atom. The Kier molecular flexibility index (Phi) is 6.23. The van der Waals surface area contributed by atoms with Crippen molar-refractivity contribution in [2.24, 2.45) is 5.92 Å². The quantitative estimate of drug-likeness (QED) is 0.333. The number of imidazole rings is 1. The van der Waals surface area contributed by atoms with E-state index in [1.165, 1.54) is 24.7 Å². The van der Waals surface area contributed by atoms with Crippen LogP contribution in [-0.2, 0) is 16.1 Å². The Bertz CT molecular complexity index is 1550. The van der Waals surface area contributed by atoms with Gasteiger partial charge in [0.2, 0.25) is 11.8 Å². The normalized spacial score (nSPS) is 18.3. The fraction of sp³-hybridized carbons (Fsp3) is 0.321. The van der Waals surface area contributed by atoms with Crippen molar-refractivity contribution in [2.75, 3.05) is 22.6 Å². The van der Waals surface area contributed by atoms with Gasteiger partial charge in [-0.25, -0.2) is 15.0 Å². The molecule has 0 aliphatic heterocycles. The molecule has 2 aliphatic rings. The molecular formula is C28H28ClN7O2. The van der Waals surface area contributed by atoms with Gasteiger partial charge in [-0.2, -0.15) is 0 Å². The summed E-state index contributed by atoms with van der Waals surface area (Å²) < 4.78 is 2.00. The maximum atomic E-state index is 12.8. The van der Waals surface area contributed by atoms with Gasteiger partial charge in [-0.15, -0.1) is 0 Å². The van der Waals surface area contributed by atoms with Crippen molar-refractivity contribution in [3.8, 4) is 0 Å². The van der Waals surface area contributed by atoms with Gasteiger partial charge in [-0.05, 0) is 60.4 Å². The molecule has 0 bridgehead atoms. The molecular weight excluding hydrogens is 502 g/mol. The summed E-state index contributed by atoms with van der Waals surface area (Å²) in [5.74, 6) is 1.55. The Labute approximate surface area is 225 Å². The molecule has 3 aromatic heterocycles. The van der Waals surface area contributed by atoms with Crippen LogP contribution in [0.2, 0.25) is 5.02 Å². The summed E-state index contributed by atoms with van der Waals surface area (Å²) in [6, 6.07) is 11.5. The average Bonchev–Trinajstić information content (AvgIpc) is 3.83. The second-order valence-corrected chi connectivity index (χ2v) is 10.5. The number of hydrogen-bond acceptors (Lipinski definition) is 6. The number of rotatable bonds is 8. The van der Waals surface area contributed by atoms with Crippen LogP contribution < -0.4 is 15.5 Å². The number of halogens is 1. The van der Waals surface area contributed by atoms with E-state index in [1.54, 1.807) is 24.9 Å². The van der Waals surface area contributed by atoms with Gasteiger partial charge in [0.25, 0.3) is 0 Å². The van der Waals surface area contributed by atoms with Crippen molar-refractivity contribution in [1.82, 2.24) is 19.4 Å². The zero-order valence-electron chi connectivity index (χ0n) is 21.2. The minimum absolute atomic E-state index is 0.0387. The van der Waals surface area contributed by atoms with Gasteiger partial charge < -0.3 is 19.9 Å². The van der Waals surface area contributed by atoms with E-state index in [4.69, 9.17) is 16.6 Å². The minimum atomic E-state index is -0.0966. The molecule has 4 aromatic rings. The molecule has 2 atom stereocenters. The summed E-state index contributed by atoms with van der Waals surface area (Å²) in [4.78, 5) is 39.8. The molecule has 0 spiro atoms. The Morgan fingerprint density at radius 1 is 1.11 bits per heavy atom. The van der Waals surface area contributed by atoms with Crippen molar-refractivity contribution in [2.45, 2.75) is 44.6 Å². The van der Waals surface area contributed by atoms with Crippen LogP contribution in [0, 0.1) is 5.92 Å².